The first kappa shape index (κ1) is 18.4. The van der Waals surface area contributed by atoms with E-state index >= 15 is 0 Å². The second-order valence-corrected chi connectivity index (χ2v) is 7.34. The Labute approximate surface area is 164 Å². The number of para-hydroxylation sites is 1. The van der Waals surface area contributed by atoms with Gasteiger partial charge in [0.25, 0.3) is 5.91 Å². The smallest absolute Gasteiger partial charge is 0.255 e. The third-order valence-corrected chi connectivity index (χ3v) is 5.24. The van der Waals surface area contributed by atoms with Crippen LogP contribution >= 0.6 is 0 Å². The van der Waals surface area contributed by atoms with Gasteiger partial charge in [-0.25, -0.2) is 4.39 Å². The molecule has 2 aromatic carbocycles. The minimum atomic E-state index is -0.323. The summed E-state index contributed by atoms with van der Waals surface area (Å²) in [7, 11) is 0. The Hall–Kier alpha value is -2.95. The van der Waals surface area contributed by atoms with E-state index in [9.17, 15) is 9.18 Å². The number of likely N-dealkylation sites (tertiary alicyclic amines) is 1. The zero-order chi connectivity index (χ0) is 19.5. The number of amides is 1. The number of halogens is 1. The molecule has 0 N–H and O–H groups in total. The van der Waals surface area contributed by atoms with Crippen molar-refractivity contribution >= 4 is 16.8 Å². The second-order valence-electron chi connectivity index (χ2n) is 7.34. The lowest BCUT2D eigenvalue weighted by molar-refractivity contribution is 0.0632. The molecule has 0 spiro atoms. The van der Waals surface area contributed by atoms with Crippen molar-refractivity contribution in [2.24, 2.45) is 5.92 Å². The SMILES string of the molecule is Cc1nc2cc(F)ccc2cc1C(=O)N1CCCC(COc2ccccc2)C1. The number of benzene rings is 2. The molecule has 4 rings (SSSR count). The molecule has 1 aliphatic heterocycles. The molecule has 1 atom stereocenters. The average Bonchev–Trinajstić information content (AvgIpc) is 2.72. The molecule has 0 radical (unpaired) electrons. The second kappa shape index (κ2) is 7.97. The van der Waals surface area contributed by atoms with Gasteiger partial charge in [-0.15, -0.1) is 0 Å². The first-order valence-electron chi connectivity index (χ1n) is 9.64. The lowest BCUT2D eigenvalue weighted by atomic mass is 9.97. The summed E-state index contributed by atoms with van der Waals surface area (Å²) in [6.07, 6.45) is 2.00. The molecule has 28 heavy (non-hydrogen) atoms. The number of rotatable bonds is 4. The maximum Gasteiger partial charge on any atom is 0.255 e. The molecule has 1 aliphatic rings. The Morgan fingerprint density at radius 2 is 2.04 bits per heavy atom. The van der Waals surface area contributed by atoms with Crippen molar-refractivity contribution in [3.05, 3.63) is 71.7 Å². The lowest BCUT2D eigenvalue weighted by Crippen LogP contribution is -2.41. The van der Waals surface area contributed by atoms with Gasteiger partial charge in [0.2, 0.25) is 0 Å². The van der Waals surface area contributed by atoms with Crippen molar-refractivity contribution in [1.29, 1.82) is 0 Å². The molecular weight excluding hydrogens is 355 g/mol. The first-order chi connectivity index (χ1) is 13.6. The molecule has 1 unspecified atom stereocenters. The minimum absolute atomic E-state index is 0.0133. The third kappa shape index (κ3) is 3.98. The van der Waals surface area contributed by atoms with Gasteiger partial charge < -0.3 is 9.64 Å². The highest BCUT2D eigenvalue weighted by Gasteiger charge is 2.26. The molecule has 4 nitrogen and oxygen atoms in total. The highest BCUT2D eigenvalue weighted by molar-refractivity contribution is 5.98. The Balaban J connectivity index is 1.47. The van der Waals surface area contributed by atoms with Crippen molar-refractivity contribution < 1.29 is 13.9 Å². The van der Waals surface area contributed by atoms with E-state index in [2.05, 4.69) is 4.98 Å². The number of ether oxygens (including phenoxy) is 1. The highest BCUT2D eigenvalue weighted by Crippen LogP contribution is 2.23. The summed E-state index contributed by atoms with van der Waals surface area (Å²) in [6, 6.07) is 16.0. The highest BCUT2D eigenvalue weighted by atomic mass is 19.1. The number of piperidine rings is 1. The Kier molecular flexibility index (Phi) is 5.24. The normalized spacial score (nSPS) is 16.9. The predicted octanol–water partition coefficient (Wildman–Crippen LogP) is 4.61. The maximum atomic E-state index is 13.4. The summed E-state index contributed by atoms with van der Waals surface area (Å²) >= 11 is 0. The van der Waals surface area contributed by atoms with E-state index < -0.39 is 0 Å². The van der Waals surface area contributed by atoms with Crippen LogP contribution in [0.15, 0.2) is 54.6 Å². The topological polar surface area (TPSA) is 42.4 Å². The van der Waals surface area contributed by atoms with Crippen LogP contribution in [0.5, 0.6) is 5.75 Å². The molecule has 1 amide bonds. The predicted molar refractivity (Wildman–Crippen MR) is 107 cm³/mol. The molecular formula is C23H23FN2O2. The van der Waals surface area contributed by atoms with Crippen LogP contribution < -0.4 is 4.74 Å². The van der Waals surface area contributed by atoms with Gasteiger partial charge in [-0.3, -0.25) is 9.78 Å². The van der Waals surface area contributed by atoms with Crippen molar-refractivity contribution in [3.8, 4) is 5.75 Å². The van der Waals surface area contributed by atoms with Crippen LogP contribution in [-0.2, 0) is 0 Å². The molecule has 0 aliphatic carbocycles. The van der Waals surface area contributed by atoms with E-state index in [1.54, 1.807) is 13.0 Å². The Morgan fingerprint density at radius 1 is 1.21 bits per heavy atom. The van der Waals surface area contributed by atoms with Gasteiger partial charge in [0.05, 0.1) is 23.4 Å². The van der Waals surface area contributed by atoms with E-state index in [4.69, 9.17) is 4.74 Å². The number of carbonyl (C=O) groups excluding carboxylic acids is 1. The Bertz CT molecular complexity index is 991. The molecule has 5 heteroatoms. The number of hydrogen-bond acceptors (Lipinski definition) is 3. The van der Waals surface area contributed by atoms with Crippen molar-refractivity contribution in [1.82, 2.24) is 9.88 Å². The van der Waals surface area contributed by atoms with Gasteiger partial charge in [0.1, 0.15) is 11.6 Å². The van der Waals surface area contributed by atoms with E-state index in [0.717, 1.165) is 30.5 Å². The fourth-order valence-electron chi connectivity index (χ4n) is 3.74. The van der Waals surface area contributed by atoms with Gasteiger partial charge in [-0.05, 0) is 50.1 Å². The van der Waals surface area contributed by atoms with Gasteiger partial charge in [-0.1, -0.05) is 18.2 Å². The molecule has 0 bridgehead atoms. The summed E-state index contributed by atoms with van der Waals surface area (Å²) in [4.78, 5) is 19.4. The average molecular weight is 378 g/mol. The Morgan fingerprint density at radius 3 is 2.86 bits per heavy atom. The number of hydrogen-bond donors (Lipinski definition) is 0. The van der Waals surface area contributed by atoms with Crippen LogP contribution in [0, 0.1) is 18.7 Å². The molecule has 0 saturated carbocycles. The van der Waals surface area contributed by atoms with Crippen molar-refractivity contribution in [2.75, 3.05) is 19.7 Å². The number of pyridine rings is 1. The summed E-state index contributed by atoms with van der Waals surface area (Å²) in [5, 5.41) is 0.774. The molecule has 2 heterocycles. The van der Waals surface area contributed by atoms with E-state index in [1.165, 1.54) is 12.1 Å². The number of aromatic nitrogens is 1. The summed E-state index contributed by atoms with van der Waals surface area (Å²) in [5.41, 5.74) is 1.79. The summed E-state index contributed by atoms with van der Waals surface area (Å²) in [6.45, 7) is 3.81. The fourth-order valence-corrected chi connectivity index (χ4v) is 3.74. The molecule has 1 aromatic heterocycles. The minimum Gasteiger partial charge on any atom is -0.493 e. The summed E-state index contributed by atoms with van der Waals surface area (Å²) in [5.74, 6) is 0.824. The van der Waals surface area contributed by atoms with Crippen LogP contribution in [-0.4, -0.2) is 35.5 Å². The fraction of sp³-hybridized carbons (Fsp3) is 0.304. The molecule has 144 valence electrons. The van der Waals surface area contributed by atoms with Crippen LogP contribution in [0.25, 0.3) is 10.9 Å². The van der Waals surface area contributed by atoms with Gasteiger partial charge in [0, 0.05) is 30.5 Å². The van der Waals surface area contributed by atoms with E-state index in [-0.39, 0.29) is 11.7 Å². The van der Waals surface area contributed by atoms with Crippen LogP contribution in [0.1, 0.15) is 28.9 Å². The number of aryl methyl sites for hydroxylation is 1. The van der Waals surface area contributed by atoms with Gasteiger partial charge in [-0.2, -0.15) is 0 Å². The maximum absolute atomic E-state index is 13.4. The van der Waals surface area contributed by atoms with E-state index in [0.29, 0.717) is 35.8 Å². The lowest BCUT2D eigenvalue weighted by Gasteiger charge is -2.33. The van der Waals surface area contributed by atoms with Crippen LogP contribution in [0.3, 0.4) is 0 Å². The third-order valence-electron chi connectivity index (χ3n) is 5.24. The molecule has 3 aromatic rings. The van der Waals surface area contributed by atoms with Crippen LogP contribution in [0.2, 0.25) is 0 Å². The van der Waals surface area contributed by atoms with Gasteiger partial charge >= 0.3 is 0 Å². The van der Waals surface area contributed by atoms with Gasteiger partial charge in [0.15, 0.2) is 0 Å². The van der Waals surface area contributed by atoms with Crippen LogP contribution in [0.4, 0.5) is 4.39 Å². The molecule has 1 fully saturated rings. The largest absolute Gasteiger partial charge is 0.493 e. The zero-order valence-electron chi connectivity index (χ0n) is 15.9. The zero-order valence-corrected chi connectivity index (χ0v) is 15.9. The monoisotopic (exact) mass is 378 g/mol. The first-order valence-corrected chi connectivity index (χ1v) is 9.64. The van der Waals surface area contributed by atoms with Crippen molar-refractivity contribution in [2.45, 2.75) is 19.8 Å². The number of carbonyl (C=O) groups is 1. The van der Waals surface area contributed by atoms with E-state index in [1.807, 2.05) is 41.3 Å². The molecule has 1 saturated heterocycles. The number of nitrogens with zero attached hydrogens (tertiary/aromatic N) is 2. The number of fused-ring (bicyclic) bond motifs is 1. The quantitative estimate of drug-likeness (QED) is 0.666. The standard InChI is InChI=1S/C23H23FN2O2/c1-16-21(12-18-9-10-19(24)13-22(18)25-16)23(27)26-11-5-6-17(14-26)15-28-20-7-3-2-4-8-20/h2-4,7-10,12-13,17H,5-6,11,14-15H2,1H3. The van der Waals surface area contributed by atoms with Crippen molar-refractivity contribution in [3.63, 3.8) is 0 Å². The summed E-state index contributed by atoms with van der Waals surface area (Å²) < 4.78 is 19.3.